The number of benzene rings is 1. The summed E-state index contributed by atoms with van der Waals surface area (Å²) >= 11 is 5.83. The Bertz CT molecular complexity index is 516. The lowest BCUT2D eigenvalue weighted by molar-refractivity contribution is -0.117. The van der Waals surface area contributed by atoms with E-state index in [1.165, 1.54) is 0 Å². The zero-order valence-corrected chi connectivity index (χ0v) is 10.3. The van der Waals surface area contributed by atoms with Crippen molar-refractivity contribution in [3.8, 4) is 11.3 Å². The maximum atomic E-state index is 10.9. The van der Waals surface area contributed by atoms with E-state index in [2.05, 4.69) is 9.97 Å². The van der Waals surface area contributed by atoms with Crippen molar-refractivity contribution in [3.63, 3.8) is 0 Å². The van der Waals surface area contributed by atoms with Crippen LogP contribution in [0.15, 0.2) is 30.5 Å². The summed E-state index contributed by atoms with van der Waals surface area (Å²) in [6, 6.07) is 7.55. The average molecular weight is 249 g/mol. The maximum absolute atomic E-state index is 10.9. The van der Waals surface area contributed by atoms with Gasteiger partial charge in [0, 0.05) is 17.9 Å². The molecule has 1 aromatic carbocycles. The van der Waals surface area contributed by atoms with Crippen LogP contribution in [-0.2, 0) is 11.2 Å². The van der Waals surface area contributed by atoms with E-state index < -0.39 is 0 Å². The molecule has 0 bridgehead atoms. The van der Waals surface area contributed by atoms with Gasteiger partial charge in [0.2, 0.25) is 0 Å². The molecule has 0 saturated carbocycles. The van der Waals surface area contributed by atoms with Crippen LogP contribution in [-0.4, -0.2) is 15.8 Å². The fraction of sp³-hybridized carbons (Fsp3) is 0.231. The standard InChI is InChI=1S/C13H13ClN2O/c1-9(17)2-7-13-15-8-12(16-13)10-3-5-11(14)6-4-10/h3-6,8H,2,7H2,1H3,(H,15,16). The van der Waals surface area contributed by atoms with Gasteiger partial charge in [0.05, 0.1) is 11.9 Å². The predicted octanol–water partition coefficient (Wildman–Crippen LogP) is 3.25. The summed E-state index contributed by atoms with van der Waals surface area (Å²) in [5.74, 6) is 1.01. The number of aromatic nitrogens is 2. The molecule has 1 N–H and O–H groups in total. The second-order valence-corrected chi connectivity index (χ2v) is 4.39. The van der Waals surface area contributed by atoms with E-state index in [1.807, 2.05) is 24.3 Å². The summed E-state index contributed by atoms with van der Waals surface area (Å²) in [5, 5.41) is 0.713. The van der Waals surface area contributed by atoms with Gasteiger partial charge < -0.3 is 9.78 Å². The van der Waals surface area contributed by atoms with Crippen LogP contribution < -0.4 is 0 Å². The van der Waals surface area contributed by atoms with Crippen LogP contribution in [0.5, 0.6) is 0 Å². The number of H-pyrrole nitrogens is 1. The van der Waals surface area contributed by atoms with Gasteiger partial charge in [-0.25, -0.2) is 4.98 Å². The van der Waals surface area contributed by atoms with Crippen molar-refractivity contribution in [2.45, 2.75) is 19.8 Å². The Morgan fingerprint density at radius 2 is 2.06 bits per heavy atom. The zero-order valence-electron chi connectivity index (χ0n) is 9.53. The molecular weight excluding hydrogens is 236 g/mol. The molecule has 0 amide bonds. The molecule has 0 atom stereocenters. The molecule has 0 aliphatic heterocycles. The lowest BCUT2D eigenvalue weighted by Crippen LogP contribution is -1.95. The van der Waals surface area contributed by atoms with Gasteiger partial charge in [-0.05, 0) is 24.6 Å². The quantitative estimate of drug-likeness (QED) is 0.903. The molecule has 0 aliphatic carbocycles. The van der Waals surface area contributed by atoms with Crippen molar-refractivity contribution in [1.82, 2.24) is 9.97 Å². The van der Waals surface area contributed by atoms with Crippen molar-refractivity contribution >= 4 is 17.4 Å². The molecule has 2 rings (SSSR count). The lowest BCUT2D eigenvalue weighted by Gasteiger charge is -1.97. The summed E-state index contributed by atoms with van der Waals surface area (Å²) in [4.78, 5) is 18.3. The van der Waals surface area contributed by atoms with E-state index in [0.29, 0.717) is 17.9 Å². The monoisotopic (exact) mass is 248 g/mol. The minimum Gasteiger partial charge on any atom is -0.342 e. The van der Waals surface area contributed by atoms with E-state index in [0.717, 1.165) is 17.1 Å². The van der Waals surface area contributed by atoms with Gasteiger partial charge in [0.15, 0.2) is 0 Å². The second-order valence-electron chi connectivity index (χ2n) is 3.95. The van der Waals surface area contributed by atoms with Crippen LogP contribution in [0.3, 0.4) is 0 Å². The molecule has 0 unspecified atom stereocenters. The van der Waals surface area contributed by atoms with Crippen LogP contribution in [0.2, 0.25) is 5.02 Å². The highest BCUT2D eigenvalue weighted by Crippen LogP contribution is 2.19. The number of hydrogen-bond acceptors (Lipinski definition) is 2. The minimum atomic E-state index is 0.175. The van der Waals surface area contributed by atoms with E-state index in [-0.39, 0.29) is 5.78 Å². The van der Waals surface area contributed by atoms with Gasteiger partial charge in [0.25, 0.3) is 0 Å². The number of nitrogens with zero attached hydrogens (tertiary/aromatic N) is 1. The Labute approximate surface area is 105 Å². The lowest BCUT2D eigenvalue weighted by atomic mass is 10.2. The van der Waals surface area contributed by atoms with E-state index in [1.54, 1.807) is 13.1 Å². The first kappa shape index (κ1) is 11.9. The Morgan fingerprint density at radius 3 is 2.71 bits per heavy atom. The highest BCUT2D eigenvalue weighted by molar-refractivity contribution is 6.30. The fourth-order valence-corrected chi connectivity index (χ4v) is 1.69. The number of ketones is 1. The molecule has 88 valence electrons. The SMILES string of the molecule is CC(=O)CCc1ncc(-c2ccc(Cl)cc2)[nH]1. The summed E-state index contributed by atoms with van der Waals surface area (Å²) in [7, 11) is 0. The third-order valence-corrected chi connectivity index (χ3v) is 2.75. The molecule has 2 aromatic rings. The maximum Gasteiger partial charge on any atom is 0.130 e. The number of nitrogens with one attached hydrogen (secondary N) is 1. The van der Waals surface area contributed by atoms with Crippen LogP contribution in [0.25, 0.3) is 11.3 Å². The van der Waals surface area contributed by atoms with Crippen molar-refractivity contribution in [2.24, 2.45) is 0 Å². The number of halogens is 1. The topological polar surface area (TPSA) is 45.8 Å². The minimum absolute atomic E-state index is 0.175. The van der Waals surface area contributed by atoms with E-state index in [9.17, 15) is 4.79 Å². The van der Waals surface area contributed by atoms with E-state index in [4.69, 9.17) is 11.6 Å². The van der Waals surface area contributed by atoms with Gasteiger partial charge >= 0.3 is 0 Å². The van der Waals surface area contributed by atoms with Crippen molar-refractivity contribution in [2.75, 3.05) is 0 Å². The molecule has 4 heteroatoms. The Hall–Kier alpha value is -1.61. The molecule has 0 saturated heterocycles. The third-order valence-electron chi connectivity index (χ3n) is 2.50. The Kier molecular flexibility index (Phi) is 3.59. The van der Waals surface area contributed by atoms with Crippen LogP contribution in [0.4, 0.5) is 0 Å². The second kappa shape index (κ2) is 5.15. The van der Waals surface area contributed by atoms with Gasteiger partial charge in [-0.2, -0.15) is 0 Å². The molecule has 0 fully saturated rings. The van der Waals surface area contributed by atoms with E-state index >= 15 is 0 Å². The van der Waals surface area contributed by atoms with Crippen LogP contribution in [0.1, 0.15) is 19.2 Å². The Morgan fingerprint density at radius 1 is 1.35 bits per heavy atom. The Balaban J connectivity index is 2.12. The summed E-state index contributed by atoms with van der Waals surface area (Å²) in [5.41, 5.74) is 1.98. The van der Waals surface area contributed by atoms with Gasteiger partial charge in [-0.15, -0.1) is 0 Å². The summed E-state index contributed by atoms with van der Waals surface area (Å²) in [6.07, 6.45) is 2.95. The number of hydrogen-bond donors (Lipinski definition) is 1. The highest BCUT2D eigenvalue weighted by atomic mass is 35.5. The number of Topliss-reactive ketones (excluding diaryl/α,β-unsaturated/α-hetero) is 1. The smallest absolute Gasteiger partial charge is 0.130 e. The number of aryl methyl sites for hydroxylation is 1. The molecule has 3 nitrogen and oxygen atoms in total. The van der Waals surface area contributed by atoms with Crippen LogP contribution in [0, 0.1) is 0 Å². The van der Waals surface area contributed by atoms with Gasteiger partial charge in [-0.1, -0.05) is 23.7 Å². The first-order valence-electron chi connectivity index (χ1n) is 5.44. The number of imidazole rings is 1. The summed E-state index contributed by atoms with van der Waals surface area (Å²) in [6.45, 7) is 1.59. The molecule has 0 aliphatic rings. The number of aromatic amines is 1. The molecule has 17 heavy (non-hydrogen) atoms. The molecule has 0 radical (unpaired) electrons. The first-order valence-corrected chi connectivity index (χ1v) is 5.82. The first-order chi connectivity index (χ1) is 8.15. The van der Waals surface area contributed by atoms with Crippen molar-refractivity contribution in [3.05, 3.63) is 41.3 Å². The number of carbonyl (C=O) groups excluding carboxylic acids is 1. The highest BCUT2D eigenvalue weighted by Gasteiger charge is 2.04. The largest absolute Gasteiger partial charge is 0.342 e. The van der Waals surface area contributed by atoms with Crippen molar-refractivity contribution in [1.29, 1.82) is 0 Å². The molecule has 1 aromatic heterocycles. The number of rotatable bonds is 4. The fourth-order valence-electron chi connectivity index (χ4n) is 1.56. The van der Waals surface area contributed by atoms with Crippen molar-refractivity contribution < 1.29 is 4.79 Å². The van der Waals surface area contributed by atoms with Gasteiger partial charge in [0.1, 0.15) is 11.6 Å². The third kappa shape index (κ3) is 3.17. The normalized spacial score (nSPS) is 10.5. The molecule has 0 spiro atoms. The zero-order chi connectivity index (χ0) is 12.3. The predicted molar refractivity (Wildman–Crippen MR) is 68.0 cm³/mol. The molecular formula is C13H13ClN2O. The van der Waals surface area contributed by atoms with Crippen LogP contribution >= 0.6 is 11.6 Å². The van der Waals surface area contributed by atoms with Gasteiger partial charge in [-0.3, -0.25) is 0 Å². The number of carbonyl (C=O) groups is 1. The molecule has 1 heterocycles. The average Bonchev–Trinajstić information content (AvgIpc) is 2.76. The summed E-state index contributed by atoms with van der Waals surface area (Å²) < 4.78 is 0.